The maximum Gasteiger partial charge on any atom is 0.408 e. The molecule has 0 bridgehead atoms. The lowest BCUT2D eigenvalue weighted by Crippen LogP contribution is -2.50. The van der Waals surface area contributed by atoms with Crippen molar-refractivity contribution in [1.29, 1.82) is 0 Å². The molecule has 0 radical (unpaired) electrons. The largest absolute Gasteiger partial charge is 0.478 e. The molecule has 4 atom stereocenters. The lowest BCUT2D eigenvalue weighted by atomic mass is 9.97. The van der Waals surface area contributed by atoms with Crippen LogP contribution in [0.2, 0.25) is 0 Å². The molecule has 9 heteroatoms. The molecule has 39 heavy (non-hydrogen) atoms. The molecule has 0 spiro atoms. The van der Waals surface area contributed by atoms with Crippen LogP contribution in [0, 0.1) is 11.8 Å². The summed E-state index contributed by atoms with van der Waals surface area (Å²) in [6.45, 7) is 4.40. The Labute approximate surface area is 229 Å². The summed E-state index contributed by atoms with van der Waals surface area (Å²) in [4.78, 5) is 49.6. The molecule has 1 aliphatic heterocycles. The number of aliphatic carboxylic acids is 1. The third-order valence-corrected chi connectivity index (χ3v) is 6.50. The van der Waals surface area contributed by atoms with E-state index in [1.165, 1.54) is 6.08 Å². The van der Waals surface area contributed by atoms with Crippen LogP contribution in [0.4, 0.5) is 4.79 Å². The highest BCUT2D eigenvalue weighted by molar-refractivity contribution is 5.86. The summed E-state index contributed by atoms with van der Waals surface area (Å²) >= 11 is 0. The molecule has 3 rings (SSSR count). The summed E-state index contributed by atoms with van der Waals surface area (Å²) in [7, 11) is 0. The van der Waals surface area contributed by atoms with Gasteiger partial charge in [-0.15, -0.1) is 0 Å². The average Bonchev–Trinajstić information content (AvgIpc) is 3.31. The zero-order chi connectivity index (χ0) is 28.2. The van der Waals surface area contributed by atoms with Gasteiger partial charge in [-0.25, -0.2) is 9.59 Å². The average molecular weight is 536 g/mol. The quantitative estimate of drug-likeness (QED) is 0.289. The SMILES string of the molecule is CC(C)C[C@H](NC(=O)OC(Cc1ccccc1)c1ccccc1)C(=O)NC(/C=C/C(=O)O)CC1CCNC1=O. The Bertz CT molecular complexity index is 1140. The molecule has 0 saturated carbocycles. The Morgan fingerprint density at radius 2 is 1.72 bits per heavy atom. The maximum absolute atomic E-state index is 13.3. The third kappa shape index (κ3) is 9.92. The number of carbonyl (C=O) groups excluding carboxylic acids is 3. The molecule has 4 N–H and O–H groups in total. The van der Waals surface area contributed by atoms with E-state index in [0.717, 1.165) is 17.2 Å². The van der Waals surface area contributed by atoms with Crippen LogP contribution in [-0.4, -0.2) is 47.6 Å². The van der Waals surface area contributed by atoms with E-state index in [1.54, 1.807) is 0 Å². The first-order valence-electron chi connectivity index (χ1n) is 13.3. The van der Waals surface area contributed by atoms with Crippen LogP contribution < -0.4 is 16.0 Å². The summed E-state index contributed by atoms with van der Waals surface area (Å²) in [5, 5.41) is 17.4. The Kier molecular flexibility index (Phi) is 11.1. The number of ether oxygens (including phenoxy) is 1. The molecule has 3 unspecified atom stereocenters. The summed E-state index contributed by atoms with van der Waals surface area (Å²) in [6.07, 6.45) is 2.69. The predicted molar refractivity (Wildman–Crippen MR) is 147 cm³/mol. The molecule has 1 heterocycles. The van der Waals surface area contributed by atoms with Crippen LogP contribution in [0.5, 0.6) is 0 Å². The molecule has 208 valence electrons. The van der Waals surface area contributed by atoms with Gasteiger partial charge in [-0.05, 0) is 36.3 Å². The fourth-order valence-electron chi connectivity index (χ4n) is 4.58. The lowest BCUT2D eigenvalue weighted by Gasteiger charge is -2.25. The second-order valence-electron chi connectivity index (χ2n) is 10.1. The van der Waals surface area contributed by atoms with Gasteiger partial charge >= 0.3 is 12.1 Å². The summed E-state index contributed by atoms with van der Waals surface area (Å²) < 4.78 is 5.83. The van der Waals surface area contributed by atoms with Crippen molar-refractivity contribution in [2.45, 2.75) is 57.7 Å². The van der Waals surface area contributed by atoms with Crippen LogP contribution in [0.25, 0.3) is 0 Å². The van der Waals surface area contributed by atoms with Crippen molar-refractivity contribution in [3.63, 3.8) is 0 Å². The van der Waals surface area contributed by atoms with E-state index in [-0.39, 0.29) is 24.2 Å². The molecule has 3 amide bonds. The molecule has 2 aromatic rings. The van der Waals surface area contributed by atoms with Gasteiger partial charge in [-0.1, -0.05) is 80.6 Å². The molecule has 1 aliphatic rings. The lowest BCUT2D eigenvalue weighted by molar-refractivity contribution is -0.131. The van der Waals surface area contributed by atoms with Crippen molar-refractivity contribution >= 4 is 23.9 Å². The van der Waals surface area contributed by atoms with Crippen LogP contribution >= 0.6 is 0 Å². The minimum atomic E-state index is -1.16. The fraction of sp³-hybridized carbons (Fsp3) is 0.400. The van der Waals surface area contributed by atoms with Crippen molar-refractivity contribution < 1.29 is 29.0 Å². The summed E-state index contributed by atoms with van der Waals surface area (Å²) in [5.74, 6) is -2.01. The zero-order valence-corrected chi connectivity index (χ0v) is 22.3. The number of benzene rings is 2. The fourth-order valence-corrected chi connectivity index (χ4v) is 4.58. The molecular formula is C30H37N3O6. The van der Waals surface area contributed by atoms with Crippen LogP contribution in [0.15, 0.2) is 72.8 Å². The molecule has 1 fully saturated rings. The maximum atomic E-state index is 13.3. The number of hydrogen-bond donors (Lipinski definition) is 4. The number of carbonyl (C=O) groups is 4. The van der Waals surface area contributed by atoms with Gasteiger partial charge in [0.25, 0.3) is 0 Å². The zero-order valence-electron chi connectivity index (χ0n) is 22.3. The van der Waals surface area contributed by atoms with Crippen molar-refractivity contribution in [3.8, 4) is 0 Å². The van der Waals surface area contributed by atoms with Gasteiger partial charge in [-0.2, -0.15) is 0 Å². The van der Waals surface area contributed by atoms with Crippen molar-refractivity contribution in [2.24, 2.45) is 11.8 Å². The smallest absolute Gasteiger partial charge is 0.408 e. The molecule has 0 aromatic heterocycles. The van der Waals surface area contributed by atoms with Gasteiger partial charge in [0.15, 0.2) is 0 Å². The van der Waals surface area contributed by atoms with E-state index >= 15 is 0 Å². The molecule has 0 aliphatic carbocycles. The third-order valence-electron chi connectivity index (χ3n) is 6.50. The highest BCUT2D eigenvalue weighted by Crippen LogP contribution is 2.23. The molecular weight excluding hydrogens is 498 g/mol. The highest BCUT2D eigenvalue weighted by Gasteiger charge is 2.30. The van der Waals surface area contributed by atoms with Crippen molar-refractivity contribution in [3.05, 3.63) is 83.9 Å². The number of rotatable bonds is 13. The Hall–Kier alpha value is -4.14. The number of carboxylic acid groups (broad SMARTS) is 1. The van der Waals surface area contributed by atoms with E-state index in [2.05, 4.69) is 16.0 Å². The van der Waals surface area contributed by atoms with Gasteiger partial charge in [0.2, 0.25) is 11.8 Å². The second kappa shape index (κ2) is 14.7. The standard InChI is InChI=1S/C30H37N3O6/c1-20(2)17-25(29(37)32-24(13-14-27(34)35)19-23-15-16-31-28(23)36)33-30(38)39-26(22-11-7-4-8-12-22)18-21-9-5-3-6-10-21/h3-14,20,23-26H,15-19H2,1-2H3,(H,31,36)(H,32,37)(H,33,38)(H,34,35)/b14-13+/t23?,24?,25-,26?/m0/s1. The van der Waals surface area contributed by atoms with Gasteiger partial charge in [0.05, 0.1) is 0 Å². The van der Waals surface area contributed by atoms with Crippen molar-refractivity contribution in [1.82, 2.24) is 16.0 Å². The van der Waals surface area contributed by atoms with Gasteiger partial charge < -0.3 is 25.8 Å². The Morgan fingerprint density at radius 3 is 2.31 bits per heavy atom. The van der Waals surface area contributed by atoms with Crippen LogP contribution in [-0.2, 0) is 25.5 Å². The summed E-state index contributed by atoms with van der Waals surface area (Å²) in [6, 6.07) is 17.5. The van der Waals surface area contributed by atoms with Crippen molar-refractivity contribution in [2.75, 3.05) is 6.54 Å². The van der Waals surface area contributed by atoms with E-state index in [9.17, 15) is 19.2 Å². The topological polar surface area (TPSA) is 134 Å². The van der Waals surface area contributed by atoms with Gasteiger partial charge in [-0.3, -0.25) is 9.59 Å². The minimum absolute atomic E-state index is 0.0731. The number of alkyl carbamates (subject to hydrolysis) is 1. The first-order chi connectivity index (χ1) is 18.7. The normalized spacial score (nSPS) is 17.3. The van der Waals surface area contributed by atoms with E-state index in [0.29, 0.717) is 25.8 Å². The molecule has 1 saturated heterocycles. The first-order valence-corrected chi connectivity index (χ1v) is 13.3. The van der Waals surface area contributed by atoms with Crippen LogP contribution in [0.1, 0.15) is 50.3 Å². The monoisotopic (exact) mass is 535 g/mol. The number of carboxylic acids is 1. The highest BCUT2D eigenvalue weighted by atomic mass is 16.6. The second-order valence-corrected chi connectivity index (χ2v) is 10.1. The number of amides is 3. The van der Waals surface area contributed by atoms with E-state index in [4.69, 9.17) is 9.84 Å². The Morgan fingerprint density at radius 1 is 1.05 bits per heavy atom. The molecule has 9 nitrogen and oxygen atoms in total. The minimum Gasteiger partial charge on any atom is -0.478 e. The Balaban J connectivity index is 1.71. The molecule has 2 aromatic carbocycles. The number of nitrogens with one attached hydrogen (secondary N) is 3. The summed E-state index contributed by atoms with van der Waals surface area (Å²) in [5.41, 5.74) is 1.83. The first kappa shape index (κ1) is 29.4. The number of hydrogen-bond acceptors (Lipinski definition) is 5. The van der Waals surface area contributed by atoms with Gasteiger partial charge in [0.1, 0.15) is 12.1 Å². The van der Waals surface area contributed by atoms with Gasteiger partial charge in [0, 0.05) is 31.0 Å². The van der Waals surface area contributed by atoms with E-state index < -0.39 is 36.2 Å². The predicted octanol–water partition coefficient (Wildman–Crippen LogP) is 3.76. The van der Waals surface area contributed by atoms with Crippen LogP contribution in [0.3, 0.4) is 0 Å². The van der Waals surface area contributed by atoms with E-state index in [1.807, 2.05) is 74.5 Å².